The lowest BCUT2D eigenvalue weighted by Crippen LogP contribution is -2.41. The molecule has 3 rings (SSSR count). The summed E-state index contributed by atoms with van der Waals surface area (Å²) in [7, 11) is 0. The van der Waals surface area contributed by atoms with Crippen LogP contribution >= 0.6 is 27.3 Å². The second-order valence-corrected chi connectivity index (χ2v) is 7.73. The van der Waals surface area contributed by atoms with Gasteiger partial charge < -0.3 is 15.5 Å². The zero-order valence-electron chi connectivity index (χ0n) is 14.3. The third-order valence-electron chi connectivity index (χ3n) is 3.66. The molecule has 0 aliphatic carbocycles. The van der Waals surface area contributed by atoms with E-state index in [0.29, 0.717) is 9.17 Å². The van der Waals surface area contributed by atoms with E-state index in [0.717, 1.165) is 18.3 Å². The Balaban J connectivity index is 2.03. The minimum Gasteiger partial charge on any atom is -0.391 e. The maximum Gasteiger partial charge on any atom is 0.277 e. The monoisotopic (exact) mass is 473 g/mol. The molecule has 1 atom stereocenters. The first-order chi connectivity index (χ1) is 13.2. The Labute approximate surface area is 170 Å². The molecule has 0 radical (unpaired) electrons. The lowest BCUT2D eigenvalue weighted by Gasteiger charge is -2.21. The first kappa shape index (κ1) is 20.6. The van der Waals surface area contributed by atoms with E-state index in [1.54, 1.807) is 6.07 Å². The maximum absolute atomic E-state index is 15.0. The summed E-state index contributed by atoms with van der Waals surface area (Å²) in [5.41, 5.74) is 2.80. The van der Waals surface area contributed by atoms with Crippen LogP contribution in [-0.2, 0) is 4.84 Å². The molecule has 11 heteroatoms. The molecule has 0 aliphatic heterocycles. The SMILES string of the molecule is CC(O)(CO)ONC(=O)c1cc2scnc2c(F)c1Nc1ccc(Br)cc1F. The van der Waals surface area contributed by atoms with Crippen LogP contribution in [0.1, 0.15) is 17.3 Å². The average Bonchev–Trinajstić information content (AvgIpc) is 3.12. The highest BCUT2D eigenvalue weighted by molar-refractivity contribution is 9.10. The summed E-state index contributed by atoms with van der Waals surface area (Å²) < 4.78 is 30.1. The summed E-state index contributed by atoms with van der Waals surface area (Å²) >= 11 is 4.24. The van der Waals surface area contributed by atoms with E-state index in [-0.39, 0.29) is 22.5 Å². The number of carbonyl (C=O) groups excluding carboxylic acids is 1. The minimum atomic E-state index is -2.03. The van der Waals surface area contributed by atoms with Gasteiger partial charge in [0.1, 0.15) is 11.3 Å². The van der Waals surface area contributed by atoms with Gasteiger partial charge >= 0.3 is 0 Å². The van der Waals surface area contributed by atoms with Gasteiger partial charge in [0.25, 0.3) is 5.91 Å². The summed E-state index contributed by atoms with van der Waals surface area (Å²) in [4.78, 5) is 21.2. The van der Waals surface area contributed by atoms with Crippen molar-refractivity contribution >= 4 is 54.8 Å². The third kappa shape index (κ3) is 4.28. The van der Waals surface area contributed by atoms with Gasteiger partial charge in [-0.05, 0) is 31.2 Å². The number of aromatic nitrogens is 1. The van der Waals surface area contributed by atoms with Gasteiger partial charge in [-0.25, -0.2) is 24.1 Å². The molecule has 0 aliphatic rings. The van der Waals surface area contributed by atoms with Crippen molar-refractivity contribution in [1.82, 2.24) is 10.5 Å². The zero-order chi connectivity index (χ0) is 20.5. The Hall–Kier alpha value is -2.18. The topological polar surface area (TPSA) is 104 Å². The first-order valence-electron chi connectivity index (χ1n) is 7.81. The number of nitrogens with one attached hydrogen (secondary N) is 2. The van der Waals surface area contributed by atoms with E-state index >= 15 is 4.39 Å². The summed E-state index contributed by atoms with van der Waals surface area (Å²) in [5, 5.41) is 21.2. The quantitative estimate of drug-likeness (QED) is 0.323. The fourth-order valence-corrected chi connectivity index (χ4v) is 3.28. The number of amides is 1. The maximum atomic E-state index is 15.0. The van der Waals surface area contributed by atoms with Crippen molar-refractivity contribution in [1.29, 1.82) is 0 Å². The molecular weight excluding hydrogens is 460 g/mol. The Kier molecular flexibility index (Phi) is 5.91. The van der Waals surface area contributed by atoms with Gasteiger partial charge in [-0.1, -0.05) is 15.9 Å². The third-order valence-corrected chi connectivity index (χ3v) is 4.93. The molecule has 3 aromatic rings. The molecule has 1 aromatic heterocycles. The predicted molar refractivity (Wildman–Crippen MR) is 103 cm³/mol. The van der Waals surface area contributed by atoms with E-state index in [9.17, 15) is 14.3 Å². The minimum absolute atomic E-state index is 0.0184. The van der Waals surface area contributed by atoms with Gasteiger partial charge in [-0.3, -0.25) is 4.79 Å². The van der Waals surface area contributed by atoms with Crippen LogP contribution in [0.3, 0.4) is 0 Å². The van der Waals surface area contributed by atoms with Crippen LogP contribution in [0.15, 0.2) is 34.2 Å². The van der Waals surface area contributed by atoms with Crippen LogP contribution in [0.25, 0.3) is 10.2 Å². The molecule has 148 valence electrons. The first-order valence-corrected chi connectivity index (χ1v) is 9.48. The largest absolute Gasteiger partial charge is 0.391 e. The summed E-state index contributed by atoms with van der Waals surface area (Å²) in [6.45, 7) is 0.335. The molecule has 0 fully saturated rings. The number of halogens is 3. The number of benzene rings is 2. The van der Waals surface area contributed by atoms with Crippen molar-refractivity contribution in [3.05, 3.63) is 51.4 Å². The summed E-state index contributed by atoms with van der Waals surface area (Å²) in [5.74, 6) is -4.46. The number of anilines is 2. The second kappa shape index (κ2) is 8.05. The molecule has 0 saturated carbocycles. The average molecular weight is 474 g/mol. The number of nitrogens with zero attached hydrogens (tertiary/aromatic N) is 1. The molecule has 28 heavy (non-hydrogen) atoms. The van der Waals surface area contributed by atoms with Crippen molar-refractivity contribution in [3.8, 4) is 0 Å². The van der Waals surface area contributed by atoms with Crippen molar-refractivity contribution in [2.45, 2.75) is 12.7 Å². The van der Waals surface area contributed by atoms with Crippen molar-refractivity contribution < 1.29 is 28.6 Å². The van der Waals surface area contributed by atoms with Gasteiger partial charge in [0.15, 0.2) is 5.82 Å². The van der Waals surface area contributed by atoms with E-state index < -0.39 is 29.9 Å². The van der Waals surface area contributed by atoms with Crippen LogP contribution in [0.5, 0.6) is 0 Å². The van der Waals surface area contributed by atoms with Crippen LogP contribution in [-0.4, -0.2) is 33.5 Å². The summed E-state index contributed by atoms with van der Waals surface area (Å²) in [6.07, 6.45) is 0. The highest BCUT2D eigenvalue weighted by atomic mass is 79.9. The molecular formula is C17H14BrF2N3O4S. The van der Waals surface area contributed by atoms with E-state index in [4.69, 9.17) is 9.94 Å². The second-order valence-electron chi connectivity index (χ2n) is 5.93. The number of rotatable bonds is 6. The molecule has 4 N–H and O–H groups in total. The molecule has 2 aromatic carbocycles. The van der Waals surface area contributed by atoms with Crippen LogP contribution in [0.2, 0.25) is 0 Å². The van der Waals surface area contributed by atoms with Crippen LogP contribution in [0, 0.1) is 11.6 Å². The Morgan fingerprint density at radius 1 is 1.39 bits per heavy atom. The van der Waals surface area contributed by atoms with Gasteiger partial charge in [0, 0.05) is 4.47 Å². The summed E-state index contributed by atoms with van der Waals surface area (Å²) in [6, 6.07) is 5.47. The molecule has 1 amide bonds. The predicted octanol–water partition coefficient (Wildman–Crippen LogP) is 3.44. The fourth-order valence-electron chi connectivity index (χ4n) is 2.23. The number of carbonyl (C=O) groups is 1. The van der Waals surface area contributed by atoms with Crippen molar-refractivity contribution in [2.24, 2.45) is 0 Å². The van der Waals surface area contributed by atoms with Crippen LogP contribution in [0.4, 0.5) is 20.2 Å². The number of aliphatic hydroxyl groups excluding tert-OH is 1. The molecule has 7 nitrogen and oxygen atoms in total. The van der Waals surface area contributed by atoms with E-state index in [1.165, 1.54) is 23.7 Å². The number of hydroxylamine groups is 1. The highest BCUT2D eigenvalue weighted by Crippen LogP contribution is 2.33. The van der Waals surface area contributed by atoms with Crippen molar-refractivity contribution in [2.75, 3.05) is 11.9 Å². The van der Waals surface area contributed by atoms with Gasteiger partial charge in [-0.15, -0.1) is 11.3 Å². The Morgan fingerprint density at radius 2 is 2.14 bits per heavy atom. The lowest BCUT2D eigenvalue weighted by molar-refractivity contribution is -0.235. The number of thiazole rings is 1. The molecule has 1 unspecified atom stereocenters. The number of fused-ring (bicyclic) bond motifs is 1. The normalized spacial score (nSPS) is 13.4. The number of hydrogen-bond donors (Lipinski definition) is 4. The molecule has 0 saturated heterocycles. The van der Waals surface area contributed by atoms with Gasteiger partial charge in [0.05, 0.1) is 33.8 Å². The van der Waals surface area contributed by atoms with Gasteiger partial charge in [0.2, 0.25) is 5.79 Å². The van der Waals surface area contributed by atoms with Crippen LogP contribution < -0.4 is 10.8 Å². The Morgan fingerprint density at radius 3 is 2.82 bits per heavy atom. The fraction of sp³-hybridized carbons (Fsp3) is 0.176. The molecule has 0 spiro atoms. The zero-order valence-corrected chi connectivity index (χ0v) is 16.7. The smallest absolute Gasteiger partial charge is 0.277 e. The van der Waals surface area contributed by atoms with E-state index in [2.05, 4.69) is 26.2 Å². The highest BCUT2D eigenvalue weighted by Gasteiger charge is 2.25. The van der Waals surface area contributed by atoms with Gasteiger partial charge in [-0.2, -0.15) is 0 Å². The van der Waals surface area contributed by atoms with E-state index in [1.807, 2.05) is 5.48 Å². The molecule has 1 heterocycles. The van der Waals surface area contributed by atoms with Crippen molar-refractivity contribution in [3.63, 3.8) is 0 Å². The Bertz CT molecular complexity index is 1040. The molecule has 0 bridgehead atoms. The lowest BCUT2D eigenvalue weighted by atomic mass is 10.1. The number of hydrogen-bond acceptors (Lipinski definition) is 7. The standard InChI is InChI=1S/C17H14BrF2N3O4S/c1-17(26,6-24)27-23-16(25)9-5-12-15(21-7-28-12)13(20)14(9)22-11-3-2-8(18)4-10(11)19/h2-5,7,22,24,26H,6H2,1H3,(H,23,25). The number of aliphatic hydroxyl groups is 2.